The van der Waals surface area contributed by atoms with E-state index in [1.54, 1.807) is 0 Å². The number of benzene rings is 2. The first-order valence-corrected chi connectivity index (χ1v) is 10.7. The van der Waals surface area contributed by atoms with E-state index in [0.717, 1.165) is 38.3 Å². The maximum absolute atomic E-state index is 12.8. The molecule has 4 rings (SSSR count). The van der Waals surface area contributed by atoms with E-state index in [9.17, 15) is 4.79 Å². The van der Waals surface area contributed by atoms with Crippen molar-refractivity contribution in [3.8, 4) is 11.5 Å². The summed E-state index contributed by atoms with van der Waals surface area (Å²) in [6, 6.07) is 20.1. The lowest BCUT2D eigenvalue weighted by Gasteiger charge is -2.35. The number of piperazine rings is 1. The number of thioether (sulfide) groups is 1. The van der Waals surface area contributed by atoms with Crippen molar-refractivity contribution in [2.75, 3.05) is 26.2 Å². The summed E-state index contributed by atoms with van der Waals surface area (Å²) >= 11 is 1.32. The van der Waals surface area contributed by atoms with E-state index in [2.05, 4.69) is 39.4 Å². The highest BCUT2D eigenvalue weighted by atomic mass is 32.2. The van der Waals surface area contributed by atoms with Gasteiger partial charge < -0.3 is 9.32 Å². The van der Waals surface area contributed by atoms with Crippen LogP contribution in [0.2, 0.25) is 0 Å². The number of aromatic nitrogens is 2. The fraction of sp³-hybridized carbons (Fsp3) is 0.318. The van der Waals surface area contributed by atoms with Gasteiger partial charge in [0.15, 0.2) is 0 Å². The van der Waals surface area contributed by atoms with Gasteiger partial charge in [-0.1, -0.05) is 60.3 Å². The van der Waals surface area contributed by atoms with Gasteiger partial charge in [0.1, 0.15) is 0 Å². The smallest absolute Gasteiger partial charge is 0.277 e. The van der Waals surface area contributed by atoms with E-state index >= 15 is 0 Å². The van der Waals surface area contributed by atoms with Gasteiger partial charge in [0.05, 0.1) is 5.25 Å². The SMILES string of the molecule is C[C@H](Sc1nnc(-c2ccccc2)o1)C(=O)N1CCN(Cc2ccccc2)CC1. The minimum Gasteiger partial charge on any atom is -0.411 e. The molecule has 3 aromatic rings. The minimum absolute atomic E-state index is 0.119. The van der Waals surface area contributed by atoms with Gasteiger partial charge in [-0.15, -0.1) is 10.2 Å². The molecule has 7 heteroatoms. The highest BCUT2D eigenvalue weighted by Crippen LogP contribution is 2.27. The molecule has 1 aliphatic heterocycles. The molecular weight excluding hydrogens is 384 g/mol. The Morgan fingerprint density at radius 3 is 2.34 bits per heavy atom. The molecule has 0 radical (unpaired) electrons. The lowest BCUT2D eigenvalue weighted by atomic mass is 10.2. The first-order chi connectivity index (χ1) is 14.2. The van der Waals surface area contributed by atoms with Crippen molar-refractivity contribution in [1.29, 1.82) is 0 Å². The summed E-state index contributed by atoms with van der Waals surface area (Å²) in [5.74, 6) is 0.594. The molecule has 0 unspecified atom stereocenters. The molecule has 0 N–H and O–H groups in total. The molecule has 0 aliphatic carbocycles. The van der Waals surface area contributed by atoms with Crippen molar-refractivity contribution >= 4 is 17.7 Å². The molecule has 0 bridgehead atoms. The van der Waals surface area contributed by atoms with Crippen LogP contribution < -0.4 is 0 Å². The molecule has 0 saturated carbocycles. The van der Waals surface area contributed by atoms with E-state index in [0.29, 0.717) is 11.1 Å². The zero-order valence-electron chi connectivity index (χ0n) is 16.4. The number of nitrogens with zero attached hydrogens (tertiary/aromatic N) is 4. The Morgan fingerprint density at radius 2 is 1.66 bits per heavy atom. The number of carbonyl (C=O) groups is 1. The fourth-order valence-corrected chi connectivity index (χ4v) is 4.15. The van der Waals surface area contributed by atoms with Crippen LogP contribution in [0.5, 0.6) is 0 Å². The molecule has 0 spiro atoms. The second kappa shape index (κ2) is 9.24. The summed E-state index contributed by atoms with van der Waals surface area (Å²) in [6.07, 6.45) is 0. The van der Waals surface area contributed by atoms with Gasteiger partial charge >= 0.3 is 0 Å². The van der Waals surface area contributed by atoms with Gasteiger partial charge in [-0.25, -0.2) is 0 Å². The summed E-state index contributed by atoms with van der Waals surface area (Å²) in [7, 11) is 0. The van der Waals surface area contributed by atoms with Crippen LogP contribution in [-0.4, -0.2) is 57.3 Å². The number of hydrogen-bond acceptors (Lipinski definition) is 6. The van der Waals surface area contributed by atoms with Crippen LogP contribution in [0.15, 0.2) is 70.3 Å². The van der Waals surface area contributed by atoms with Crippen LogP contribution in [0, 0.1) is 0 Å². The second-order valence-electron chi connectivity index (χ2n) is 7.09. The van der Waals surface area contributed by atoms with E-state index in [1.807, 2.05) is 48.2 Å². The highest BCUT2D eigenvalue weighted by molar-refractivity contribution is 8.00. The van der Waals surface area contributed by atoms with Gasteiger partial charge in [0, 0.05) is 38.3 Å². The predicted octanol–water partition coefficient (Wildman–Crippen LogP) is 3.56. The minimum atomic E-state index is -0.264. The van der Waals surface area contributed by atoms with Crippen molar-refractivity contribution in [1.82, 2.24) is 20.0 Å². The Hall–Kier alpha value is -2.64. The Labute approximate surface area is 174 Å². The first-order valence-electron chi connectivity index (χ1n) is 9.80. The molecule has 150 valence electrons. The Bertz CT molecular complexity index is 924. The standard InChI is InChI=1S/C22H24N4O2S/c1-17(29-22-24-23-20(28-22)19-10-6-3-7-11-19)21(27)26-14-12-25(13-15-26)16-18-8-4-2-5-9-18/h2-11,17H,12-16H2,1H3/t17-/m0/s1. The van der Waals surface area contributed by atoms with Crippen molar-refractivity contribution in [3.63, 3.8) is 0 Å². The van der Waals surface area contributed by atoms with Gasteiger partial charge in [0.25, 0.3) is 5.22 Å². The Morgan fingerprint density at radius 1 is 1.00 bits per heavy atom. The molecule has 1 fully saturated rings. The van der Waals surface area contributed by atoms with E-state index in [1.165, 1.54) is 17.3 Å². The molecule has 1 atom stereocenters. The normalized spacial score (nSPS) is 16.0. The number of carbonyl (C=O) groups excluding carboxylic acids is 1. The van der Waals surface area contributed by atoms with Crippen LogP contribution in [0.3, 0.4) is 0 Å². The third-order valence-electron chi connectivity index (χ3n) is 4.99. The second-order valence-corrected chi connectivity index (χ2v) is 8.38. The topological polar surface area (TPSA) is 62.5 Å². The molecule has 2 aromatic carbocycles. The molecule has 2 heterocycles. The van der Waals surface area contributed by atoms with Crippen LogP contribution in [0.4, 0.5) is 0 Å². The molecule has 1 aromatic heterocycles. The van der Waals surface area contributed by atoms with Gasteiger partial charge in [-0.3, -0.25) is 9.69 Å². The summed E-state index contributed by atoms with van der Waals surface area (Å²) in [5, 5.41) is 8.34. The summed E-state index contributed by atoms with van der Waals surface area (Å²) in [4.78, 5) is 17.2. The van der Waals surface area contributed by atoms with Crippen molar-refractivity contribution in [2.45, 2.75) is 23.9 Å². The van der Waals surface area contributed by atoms with Crippen molar-refractivity contribution in [2.24, 2.45) is 0 Å². The molecule has 6 nitrogen and oxygen atoms in total. The van der Waals surface area contributed by atoms with Crippen LogP contribution in [0.1, 0.15) is 12.5 Å². The van der Waals surface area contributed by atoms with Gasteiger partial charge in [-0.2, -0.15) is 0 Å². The molecule has 1 saturated heterocycles. The quantitative estimate of drug-likeness (QED) is 0.581. The maximum atomic E-state index is 12.8. The monoisotopic (exact) mass is 408 g/mol. The third kappa shape index (κ3) is 5.05. The lowest BCUT2D eigenvalue weighted by molar-refractivity contribution is -0.132. The number of rotatable bonds is 6. The third-order valence-corrected chi connectivity index (χ3v) is 5.91. The lowest BCUT2D eigenvalue weighted by Crippen LogP contribution is -2.50. The first kappa shape index (κ1) is 19.7. The summed E-state index contributed by atoms with van der Waals surface area (Å²) < 4.78 is 5.72. The van der Waals surface area contributed by atoms with Gasteiger partial charge in [0.2, 0.25) is 11.8 Å². The molecule has 1 amide bonds. The zero-order valence-corrected chi connectivity index (χ0v) is 17.2. The van der Waals surface area contributed by atoms with E-state index < -0.39 is 0 Å². The number of hydrogen-bond donors (Lipinski definition) is 0. The molecule has 29 heavy (non-hydrogen) atoms. The number of amides is 1. The summed E-state index contributed by atoms with van der Waals surface area (Å²) in [6.45, 7) is 6.09. The van der Waals surface area contributed by atoms with Crippen LogP contribution >= 0.6 is 11.8 Å². The Balaban J connectivity index is 1.28. The summed E-state index contributed by atoms with van der Waals surface area (Å²) in [5.41, 5.74) is 2.18. The Kier molecular flexibility index (Phi) is 6.27. The zero-order chi connectivity index (χ0) is 20.1. The fourth-order valence-electron chi connectivity index (χ4n) is 3.38. The van der Waals surface area contributed by atoms with Crippen LogP contribution in [0.25, 0.3) is 11.5 Å². The predicted molar refractivity (Wildman–Crippen MR) is 113 cm³/mol. The van der Waals surface area contributed by atoms with Crippen molar-refractivity contribution < 1.29 is 9.21 Å². The van der Waals surface area contributed by atoms with Crippen molar-refractivity contribution in [3.05, 3.63) is 66.2 Å². The average molecular weight is 409 g/mol. The maximum Gasteiger partial charge on any atom is 0.277 e. The van der Waals surface area contributed by atoms with Gasteiger partial charge in [-0.05, 0) is 24.6 Å². The molecular formula is C22H24N4O2S. The van der Waals surface area contributed by atoms with E-state index in [-0.39, 0.29) is 11.2 Å². The highest BCUT2D eigenvalue weighted by Gasteiger charge is 2.27. The van der Waals surface area contributed by atoms with E-state index in [4.69, 9.17) is 4.42 Å². The largest absolute Gasteiger partial charge is 0.411 e. The van der Waals surface area contributed by atoms with Crippen LogP contribution in [-0.2, 0) is 11.3 Å². The molecule has 1 aliphatic rings. The average Bonchev–Trinajstić information content (AvgIpc) is 3.23.